The molecule has 2 aromatic rings. The molecule has 5 nitrogen and oxygen atoms in total. The van der Waals surface area contributed by atoms with Crippen molar-refractivity contribution in [2.75, 3.05) is 37.7 Å². The lowest BCUT2D eigenvalue weighted by Gasteiger charge is -2.33. The molecular weight excluding hydrogens is 431 g/mol. The van der Waals surface area contributed by atoms with Gasteiger partial charge in [0.2, 0.25) is 5.91 Å². The molecule has 1 aliphatic heterocycles. The fraction of sp³-hybridized carbons (Fsp3) is 0.381. The summed E-state index contributed by atoms with van der Waals surface area (Å²) >= 11 is 13.9. The fourth-order valence-electron chi connectivity index (χ4n) is 3.15. The predicted molar refractivity (Wildman–Crippen MR) is 119 cm³/mol. The van der Waals surface area contributed by atoms with Gasteiger partial charge >= 0.3 is 0 Å². The Labute approximate surface area is 185 Å². The minimum atomic E-state index is -0.873. The number of aliphatic hydroxyl groups excluding tert-OH is 1. The number of nitrogens with zero attached hydrogens (tertiary/aromatic N) is 1. The molecule has 2 atom stereocenters. The molecule has 0 radical (unpaired) electrons. The largest absolute Gasteiger partial charge is 0.489 e. The van der Waals surface area contributed by atoms with Crippen LogP contribution in [0.15, 0.2) is 48.5 Å². The lowest BCUT2D eigenvalue weighted by molar-refractivity contribution is -0.127. The maximum atomic E-state index is 13.0. The van der Waals surface area contributed by atoms with Gasteiger partial charge < -0.3 is 15.2 Å². The van der Waals surface area contributed by atoms with Crippen LogP contribution in [0.4, 0.5) is 0 Å². The average Bonchev–Trinajstić information content (AvgIpc) is 2.75. The van der Waals surface area contributed by atoms with Crippen LogP contribution in [0, 0.1) is 0 Å². The van der Waals surface area contributed by atoms with E-state index in [4.69, 9.17) is 27.9 Å². The monoisotopic (exact) mass is 454 g/mol. The van der Waals surface area contributed by atoms with Crippen LogP contribution >= 0.6 is 35.0 Å². The molecule has 0 aromatic heterocycles. The molecule has 1 heterocycles. The van der Waals surface area contributed by atoms with Crippen molar-refractivity contribution < 1.29 is 14.6 Å². The van der Waals surface area contributed by atoms with Crippen molar-refractivity contribution in [2.24, 2.45) is 0 Å². The molecule has 3 rings (SSSR count). The molecule has 156 valence electrons. The van der Waals surface area contributed by atoms with Gasteiger partial charge in [-0.3, -0.25) is 9.69 Å². The van der Waals surface area contributed by atoms with E-state index in [9.17, 15) is 9.90 Å². The number of carbonyl (C=O) groups excluding carboxylic acids is 1. The molecule has 0 saturated carbocycles. The Morgan fingerprint density at radius 2 is 1.86 bits per heavy atom. The predicted octanol–water partition coefficient (Wildman–Crippen LogP) is 3.64. The topological polar surface area (TPSA) is 61.8 Å². The number of halogens is 2. The van der Waals surface area contributed by atoms with Crippen LogP contribution in [-0.4, -0.2) is 59.8 Å². The Morgan fingerprint density at radius 1 is 1.14 bits per heavy atom. The van der Waals surface area contributed by atoms with Gasteiger partial charge in [-0.25, -0.2) is 0 Å². The Hall–Kier alpha value is -1.44. The van der Waals surface area contributed by atoms with Crippen molar-refractivity contribution in [3.8, 4) is 5.75 Å². The number of ether oxygens (including phenoxy) is 1. The molecule has 1 fully saturated rings. The lowest BCUT2D eigenvalue weighted by Crippen LogP contribution is -2.46. The van der Waals surface area contributed by atoms with Crippen molar-refractivity contribution in [3.63, 3.8) is 0 Å². The standard InChI is InChI=1S/C21H24Cl2N2O3S/c22-17-7-4-8-18(19(17)23)28-14-16(26)13-24-21(27)20(15-5-2-1-3-6-15)25-9-11-29-12-10-25/h1-8,16,20,26H,9-14H2,(H,24,27). The molecule has 29 heavy (non-hydrogen) atoms. The highest BCUT2D eigenvalue weighted by atomic mass is 35.5. The van der Waals surface area contributed by atoms with Crippen LogP contribution in [0.25, 0.3) is 0 Å². The zero-order valence-corrected chi connectivity index (χ0v) is 18.2. The van der Waals surface area contributed by atoms with Crippen LogP contribution in [-0.2, 0) is 4.79 Å². The van der Waals surface area contributed by atoms with Crippen LogP contribution in [0.2, 0.25) is 10.0 Å². The molecule has 8 heteroatoms. The average molecular weight is 455 g/mol. The number of benzene rings is 2. The van der Waals surface area contributed by atoms with E-state index in [0.717, 1.165) is 30.2 Å². The SMILES string of the molecule is O=C(NCC(O)COc1cccc(Cl)c1Cl)C(c1ccccc1)N1CCSCC1. The number of amides is 1. The summed E-state index contributed by atoms with van der Waals surface area (Å²) in [5, 5.41) is 13.8. The van der Waals surface area contributed by atoms with Gasteiger partial charge in [-0.1, -0.05) is 59.6 Å². The van der Waals surface area contributed by atoms with E-state index in [1.165, 1.54) is 0 Å². The van der Waals surface area contributed by atoms with Crippen LogP contribution < -0.4 is 10.1 Å². The Balaban J connectivity index is 1.57. The summed E-state index contributed by atoms with van der Waals surface area (Å²) in [5.74, 6) is 2.29. The molecule has 2 N–H and O–H groups in total. The van der Waals surface area contributed by atoms with Gasteiger partial charge in [0.25, 0.3) is 0 Å². The van der Waals surface area contributed by atoms with Crippen LogP contribution in [0.3, 0.4) is 0 Å². The molecule has 0 aliphatic carbocycles. The maximum absolute atomic E-state index is 13.0. The maximum Gasteiger partial charge on any atom is 0.242 e. The smallest absolute Gasteiger partial charge is 0.242 e. The number of aliphatic hydroxyl groups is 1. The molecule has 2 unspecified atom stereocenters. The zero-order chi connectivity index (χ0) is 20.6. The second-order valence-electron chi connectivity index (χ2n) is 6.72. The quantitative estimate of drug-likeness (QED) is 0.637. The third-order valence-electron chi connectivity index (χ3n) is 4.63. The third kappa shape index (κ3) is 6.27. The number of rotatable bonds is 8. The first-order chi connectivity index (χ1) is 14.1. The van der Waals surface area contributed by atoms with Crippen molar-refractivity contribution in [2.45, 2.75) is 12.1 Å². The van der Waals surface area contributed by atoms with E-state index in [-0.39, 0.29) is 25.1 Å². The highest BCUT2D eigenvalue weighted by Crippen LogP contribution is 2.31. The number of carbonyl (C=O) groups is 1. The van der Waals surface area contributed by atoms with Gasteiger partial charge in [-0.05, 0) is 17.7 Å². The number of thioether (sulfide) groups is 1. The molecule has 0 spiro atoms. The Morgan fingerprint density at radius 3 is 2.59 bits per heavy atom. The van der Waals surface area contributed by atoms with Crippen molar-refractivity contribution in [1.82, 2.24) is 10.2 Å². The summed E-state index contributed by atoms with van der Waals surface area (Å²) in [6.07, 6.45) is -0.873. The van der Waals surface area contributed by atoms with Gasteiger partial charge in [-0.2, -0.15) is 11.8 Å². The number of hydrogen-bond acceptors (Lipinski definition) is 5. The van der Waals surface area contributed by atoms with Crippen LogP contribution in [0.1, 0.15) is 11.6 Å². The van der Waals surface area contributed by atoms with E-state index in [1.807, 2.05) is 42.1 Å². The summed E-state index contributed by atoms with van der Waals surface area (Å²) in [7, 11) is 0. The normalized spacial score (nSPS) is 16.8. The third-order valence-corrected chi connectivity index (χ3v) is 6.38. The van der Waals surface area contributed by atoms with Gasteiger partial charge in [0, 0.05) is 31.1 Å². The van der Waals surface area contributed by atoms with Gasteiger partial charge in [-0.15, -0.1) is 0 Å². The molecule has 1 aliphatic rings. The Kier molecular flexibility index (Phi) is 8.51. The zero-order valence-electron chi connectivity index (χ0n) is 15.9. The van der Waals surface area contributed by atoms with E-state index in [2.05, 4.69) is 10.2 Å². The summed E-state index contributed by atoms with van der Waals surface area (Å²) < 4.78 is 5.54. The molecule has 1 saturated heterocycles. The van der Waals surface area contributed by atoms with Crippen molar-refractivity contribution >= 4 is 40.9 Å². The van der Waals surface area contributed by atoms with E-state index in [0.29, 0.717) is 15.8 Å². The van der Waals surface area contributed by atoms with Crippen molar-refractivity contribution in [1.29, 1.82) is 0 Å². The highest BCUT2D eigenvalue weighted by Gasteiger charge is 2.29. The summed E-state index contributed by atoms with van der Waals surface area (Å²) in [4.78, 5) is 15.2. The van der Waals surface area contributed by atoms with Gasteiger partial charge in [0.1, 0.15) is 29.5 Å². The first kappa shape index (κ1) is 22.2. The molecule has 1 amide bonds. The van der Waals surface area contributed by atoms with Gasteiger partial charge in [0.15, 0.2) is 0 Å². The van der Waals surface area contributed by atoms with E-state index in [1.54, 1.807) is 18.2 Å². The lowest BCUT2D eigenvalue weighted by atomic mass is 10.0. The first-order valence-electron chi connectivity index (χ1n) is 9.45. The highest BCUT2D eigenvalue weighted by molar-refractivity contribution is 7.99. The van der Waals surface area contributed by atoms with Gasteiger partial charge in [0.05, 0.1) is 5.02 Å². The van der Waals surface area contributed by atoms with E-state index < -0.39 is 6.10 Å². The summed E-state index contributed by atoms with van der Waals surface area (Å²) in [6, 6.07) is 14.4. The number of nitrogens with one attached hydrogen (secondary N) is 1. The van der Waals surface area contributed by atoms with Crippen molar-refractivity contribution in [3.05, 3.63) is 64.1 Å². The molecule has 0 bridgehead atoms. The fourth-order valence-corrected chi connectivity index (χ4v) is 4.43. The molecular formula is C21H24Cl2N2O3S. The second-order valence-corrected chi connectivity index (χ2v) is 8.73. The Bertz CT molecular complexity index is 804. The second kappa shape index (κ2) is 11.1. The van der Waals surface area contributed by atoms with E-state index >= 15 is 0 Å². The minimum absolute atomic E-state index is 0.00327. The minimum Gasteiger partial charge on any atom is -0.489 e. The molecule has 2 aromatic carbocycles. The summed E-state index contributed by atoms with van der Waals surface area (Å²) in [5.41, 5.74) is 0.952. The van der Waals surface area contributed by atoms with Crippen LogP contribution in [0.5, 0.6) is 5.75 Å². The number of hydrogen-bond donors (Lipinski definition) is 2. The summed E-state index contributed by atoms with van der Waals surface area (Å²) in [6.45, 7) is 1.80. The first-order valence-corrected chi connectivity index (χ1v) is 11.4.